The van der Waals surface area contributed by atoms with Crippen LogP contribution in [0.25, 0.3) is 10.9 Å². The zero-order valence-electron chi connectivity index (χ0n) is 21.4. The van der Waals surface area contributed by atoms with E-state index in [1.54, 1.807) is 24.3 Å². The molecule has 0 radical (unpaired) electrons. The Kier molecular flexibility index (Phi) is 10.1. The molecule has 0 bridgehead atoms. The first-order chi connectivity index (χ1) is 19.4. The van der Waals surface area contributed by atoms with Crippen LogP contribution < -0.4 is 15.4 Å². The van der Waals surface area contributed by atoms with Crippen LogP contribution in [-0.2, 0) is 24.0 Å². The number of amides is 2. The van der Waals surface area contributed by atoms with Crippen LogP contribution in [0.15, 0.2) is 42.6 Å². The van der Waals surface area contributed by atoms with Crippen molar-refractivity contribution in [2.45, 2.75) is 32.2 Å². The largest absolute Gasteiger partial charge is 0.481 e. The van der Waals surface area contributed by atoms with E-state index in [-0.39, 0.29) is 11.8 Å². The number of fused-ring (bicyclic) bond motifs is 1. The van der Waals surface area contributed by atoms with Crippen molar-refractivity contribution in [1.29, 1.82) is 0 Å². The van der Waals surface area contributed by atoms with Crippen LogP contribution >= 0.6 is 0 Å². The molecule has 0 aliphatic carbocycles. The monoisotopic (exact) mass is 577 g/mol. The lowest BCUT2D eigenvalue weighted by atomic mass is 10.0. The molecule has 3 N–H and O–H groups in total. The van der Waals surface area contributed by atoms with Crippen molar-refractivity contribution in [3.05, 3.63) is 65.9 Å². The molecule has 0 aliphatic rings. The molecule has 0 saturated carbocycles. The molecule has 0 unspecified atom stereocenters. The van der Waals surface area contributed by atoms with Crippen LogP contribution in [0.1, 0.15) is 26.2 Å². The normalized spacial score (nSPS) is 12.3. The molecule has 1 heterocycles. The minimum absolute atomic E-state index is 0.0584. The minimum atomic E-state index is -1.90. The third-order valence-corrected chi connectivity index (χ3v) is 5.86. The highest BCUT2D eigenvalue weighted by Gasteiger charge is 2.29. The highest BCUT2D eigenvalue weighted by molar-refractivity contribution is 6.41. The number of benzene rings is 2. The van der Waals surface area contributed by atoms with Gasteiger partial charge in [-0.05, 0) is 18.6 Å². The summed E-state index contributed by atoms with van der Waals surface area (Å²) in [4.78, 5) is 65.5. The number of rotatable bonds is 13. The second-order valence-corrected chi connectivity index (χ2v) is 8.91. The number of pyridine rings is 1. The number of Topliss-reactive ketones (excluding diaryl/α,β-unsaturated/α-hetero) is 2. The summed E-state index contributed by atoms with van der Waals surface area (Å²) in [7, 11) is 0. The van der Waals surface area contributed by atoms with E-state index in [0.29, 0.717) is 10.9 Å². The standard InChI is InChI=1S/C27H23F4N3O7/c1-13(10-19(35)27(40)34-18-6-2-4-14-5-3-9-32-24(14)18)26(39)33-17(7-8-21(37)38)20(36)12-41-25-22(30)15(28)11-16(29)23(25)31/h2-6,9,11,13,17H,7-8,10,12H2,1H3,(H,33,39)(H,34,40)(H,37,38)/t13-,17+/m1/s1. The van der Waals surface area contributed by atoms with E-state index in [1.165, 1.54) is 19.2 Å². The van der Waals surface area contributed by atoms with Crippen LogP contribution in [0, 0.1) is 29.2 Å². The van der Waals surface area contributed by atoms with E-state index in [4.69, 9.17) is 5.11 Å². The lowest BCUT2D eigenvalue weighted by Gasteiger charge is -2.20. The van der Waals surface area contributed by atoms with E-state index in [0.717, 1.165) is 0 Å². The van der Waals surface area contributed by atoms with Gasteiger partial charge in [-0.3, -0.25) is 29.0 Å². The quantitative estimate of drug-likeness (QED) is 0.159. The number of nitrogens with one attached hydrogen (secondary N) is 2. The SMILES string of the molecule is C[C@H](CC(=O)C(=O)Nc1cccc2cccnc12)C(=O)N[C@@H](CCC(=O)O)C(=O)COc1c(F)c(F)cc(F)c1F. The molecule has 2 aromatic carbocycles. The summed E-state index contributed by atoms with van der Waals surface area (Å²) in [6.07, 6.45) is -0.197. The molecule has 14 heteroatoms. The van der Waals surface area contributed by atoms with Crippen LogP contribution in [0.4, 0.5) is 23.2 Å². The Hall–Kier alpha value is -4.88. The summed E-state index contributed by atoms with van der Waals surface area (Å²) in [5.41, 5.74) is 0.702. The van der Waals surface area contributed by atoms with E-state index in [1.807, 2.05) is 0 Å². The Morgan fingerprint density at radius 2 is 1.66 bits per heavy atom. The number of ketones is 2. The number of carboxylic acids is 1. The van der Waals surface area contributed by atoms with Gasteiger partial charge in [0.15, 0.2) is 23.2 Å². The van der Waals surface area contributed by atoms with Gasteiger partial charge in [-0.15, -0.1) is 0 Å². The number of anilines is 1. The maximum Gasteiger partial charge on any atom is 0.303 e. The van der Waals surface area contributed by atoms with Crippen LogP contribution in [-0.4, -0.2) is 52.1 Å². The molecule has 0 aliphatic heterocycles. The number of nitrogens with zero attached hydrogens (tertiary/aromatic N) is 1. The first-order valence-electron chi connectivity index (χ1n) is 12.1. The average molecular weight is 577 g/mol. The van der Waals surface area contributed by atoms with Crippen LogP contribution in [0.2, 0.25) is 0 Å². The van der Waals surface area contributed by atoms with Crippen molar-refractivity contribution >= 4 is 45.9 Å². The van der Waals surface area contributed by atoms with E-state index in [2.05, 4.69) is 20.4 Å². The predicted molar refractivity (Wildman–Crippen MR) is 135 cm³/mol. The number of aromatic nitrogens is 1. The van der Waals surface area contributed by atoms with Crippen molar-refractivity contribution in [2.24, 2.45) is 5.92 Å². The number of ether oxygens (including phenoxy) is 1. The predicted octanol–water partition coefficient (Wildman–Crippen LogP) is 3.32. The second kappa shape index (κ2) is 13.5. The molecule has 216 valence electrons. The van der Waals surface area contributed by atoms with E-state index >= 15 is 0 Å². The zero-order valence-corrected chi connectivity index (χ0v) is 21.4. The fraction of sp³-hybridized carbons (Fsp3) is 0.259. The van der Waals surface area contributed by atoms with Gasteiger partial charge in [0, 0.05) is 36.4 Å². The Balaban J connectivity index is 1.63. The fourth-order valence-corrected chi connectivity index (χ4v) is 3.68. The maximum absolute atomic E-state index is 13.8. The first-order valence-corrected chi connectivity index (χ1v) is 12.1. The molecule has 0 fully saturated rings. The molecule has 3 rings (SSSR count). The summed E-state index contributed by atoms with van der Waals surface area (Å²) < 4.78 is 59.1. The van der Waals surface area contributed by atoms with Gasteiger partial charge in [0.1, 0.15) is 6.61 Å². The Labute approximate surface area is 229 Å². The van der Waals surface area contributed by atoms with E-state index < -0.39 is 96.2 Å². The second-order valence-electron chi connectivity index (χ2n) is 8.91. The first kappa shape index (κ1) is 30.7. The van der Waals surface area contributed by atoms with E-state index in [9.17, 15) is 41.5 Å². The number of carboxylic acid groups (broad SMARTS) is 1. The number of carbonyl (C=O) groups excluding carboxylic acids is 4. The molecule has 1 aromatic heterocycles. The van der Waals surface area contributed by atoms with Gasteiger partial charge >= 0.3 is 5.97 Å². The lowest BCUT2D eigenvalue weighted by Crippen LogP contribution is -2.45. The molecule has 41 heavy (non-hydrogen) atoms. The third kappa shape index (κ3) is 7.84. The van der Waals surface area contributed by atoms with Crippen molar-refractivity contribution in [3.63, 3.8) is 0 Å². The van der Waals surface area contributed by atoms with Crippen molar-refractivity contribution in [2.75, 3.05) is 11.9 Å². The van der Waals surface area contributed by atoms with Gasteiger partial charge in [0.25, 0.3) is 5.91 Å². The molecule has 0 saturated heterocycles. The number of hydrogen-bond acceptors (Lipinski definition) is 7. The molecule has 2 atom stereocenters. The summed E-state index contributed by atoms with van der Waals surface area (Å²) in [6.45, 7) is 0.0889. The highest BCUT2D eigenvalue weighted by atomic mass is 19.2. The summed E-state index contributed by atoms with van der Waals surface area (Å²) >= 11 is 0. The summed E-state index contributed by atoms with van der Waals surface area (Å²) in [5, 5.41) is 14.3. The van der Waals surface area contributed by atoms with Gasteiger partial charge in [0.05, 0.1) is 17.2 Å². The Morgan fingerprint density at radius 1 is 1.00 bits per heavy atom. The van der Waals surface area contributed by atoms with Crippen molar-refractivity contribution in [3.8, 4) is 5.75 Å². The van der Waals surface area contributed by atoms with Gasteiger partial charge in [-0.1, -0.05) is 25.1 Å². The third-order valence-electron chi connectivity index (χ3n) is 5.86. The van der Waals surface area contributed by atoms with Crippen molar-refractivity contribution < 1.29 is 51.4 Å². The summed E-state index contributed by atoms with van der Waals surface area (Å²) in [6, 6.07) is 6.75. The molecular formula is C27H23F4N3O7. The summed E-state index contributed by atoms with van der Waals surface area (Å²) in [5.74, 6) is -15.4. The zero-order chi connectivity index (χ0) is 30.3. The minimum Gasteiger partial charge on any atom is -0.481 e. The number of carbonyl (C=O) groups is 5. The molecule has 10 nitrogen and oxygen atoms in total. The molecule has 0 spiro atoms. The maximum atomic E-state index is 13.8. The highest BCUT2D eigenvalue weighted by Crippen LogP contribution is 2.26. The van der Waals surface area contributed by atoms with Crippen LogP contribution in [0.3, 0.4) is 0 Å². The number of aliphatic carboxylic acids is 1. The molecule has 2 amide bonds. The van der Waals surface area contributed by atoms with Gasteiger partial charge in [-0.2, -0.15) is 8.78 Å². The Bertz CT molecular complexity index is 1480. The molecular weight excluding hydrogens is 554 g/mol. The number of para-hydroxylation sites is 1. The van der Waals surface area contributed by atoms with Gasteiger partial charge < -0.3 is 20.5 Å². The topological polar surface area (TPSA) is 152 Å². The molecule has 3 aromatic rings. The number of hydrogen-bond donors (Lipinski definition) is 3. The lowest BCUT2D eigenvalue weighted by molar-refractivity contribution is -0.139. The van der Waals surface area contributed by atoms with Gasteiger partial charge in [0.2, 0.25) is 23.3 Å². The number of halogens is 4. The fourth-order valence-electron chi connectivity index (χ4n) is 3.68. The Morgan fingerprint density at radius 3 is 2.32 bits per heavy atom. The van der Waals surface area contributed by atoms with Gasteiger partial charge in [-0.25, -0.2) is 8.78 Å². The van der Waals surface area contributed by atoms with Crippen molar-refractivity contribution in [1.82, 2.24) is 10.3 Å². The van der Waals surface area contributed by atoms with Crippen LogP contribution in [0.5, 0.6) is 5.75 Å². The smallest absolute Gasteiger partial charge is 0.303 e. The average Bonchev–Trinajstić information content (AvgIpc) is 2.93.